The summed E-state index contributed by atoms with van der Waals surface area (Å²) in [7, 11) is 3.39. The van der Waals surface area contributed by atoms with Crippen molar-refractivity contribution in [1.82, 2.24) is 19.6 Å². The largest absolute Gasteiger partial charge is 0.497 e. The lowest BCUT2D eigenvalue weighted by molar-refractivity contribution is -0.127. The number of benzene rings is 4. The van der Waals surface area contributed by atoms with E-state index in [1.165, 1.54) is 11.1 Å². The Hall–Kier alpha value is -5.17. The predicted octanol–water partition coefficient (Wildman–Crippen LogP) is 9.38. The van der Waals surface area contributed by atoms with Gasteiger partial charge in [-0.1, -0.05) is 66.2 Å². The number of fused-ring (bicyclic) bond motifs is 1. The molecule has 1 aromatic heterocycles. The lowest BCUT2D eigenvalue weighted by Gasteiger charge is -2.43. The minimum Gasteiger partial charge on any atom is -0.497 e. The predicted molar refractivity (Wildman–Crippen MR) is 269 cm³/mol. The van der Waals surface area contributed by atoms with E-state index in [-0.39, 0.29) is 37.1 Å². The second-order valence-corrected chi connectivity index (χ2v) is 19.4. The van der Waals surface area contributed by atoms with Crippen molar-refractivity contribution in [2.45, 2.75) is 75.3 Å². The zero-order valence-electron chi connectivity index (χ0n) is 39.8. The van der Waals surface area contributed by atoms with E-state index in [9.17, 15) is 19.8 Å². The number of halogens is 1. The van der Waals surface area contributed by atoms with Crippen molar-refractivity contribution in [2.24, 2.45) is 11.8 Å². The van der Waals surface area contributed by atoms with Crippen molar-refractivity contribution in [1.29, 1.82) is 0 Å². The van der Waals surface area contributed by atoms with Gasteiger partial charge in [0.2, 0.25) is 5.91 Å². The average Bonchev–Trinajstić information content (AvgIpc) is 3.83. The highest BCUT2D eigenvalue weighted by atomic mass is 35.5. The number of carbonyl (C=O) groups is 2. The molecule has 12 heteroatoms. The number of rotatable bonds is 13. The quantitative estimate of drug-likeness (QED) is 0.111. The zero-order chi connectivity index (χ0) is 47.4. The Morgan fingerprint density at radius 2 is 1.12 bits per heavy atom. The number of furan rings is 1. The van der Waals surface area contributed by atoms with Gasteiger partial charge in [-0.25, -0.2) is 0 Å². The van der Waals surface area contributed by atoms with Gasteiger partial charge in [0.25, 0.3) is 5.91 Å². The van der Waals surface area contributed by atoms with Crippen LogP contribution in [0.2, 0.25) is 5.02 Å². The van der Waals surface area contributed by atoms with Crippen LogP contribution in [0.1, 0.15) is 90.4 Å². The van der Waals surface area contributed by atoms with Gasteiger partial charge in [-0.05, 0) is 173 Å². The van der Waals surface area contributed by atoms with Crippen LogP contribution in [0.25, 0.3) is 17.0 Å². The molecule has 4 aromatic carbocycles. The van der Waals surface area contributed by atoms with Gasteiger partial charge in [-0.15, -0.1) is 0 Å². The van der Waals surface area contributed by atoms with Gasteiger partial charge in [0, 0.05) is 54.7 Å². The molecule has 2 N–H and O–H groups in total. The lowest BCUT2D eigenvalue weighted by atomic mass is 9.85. The molecule has 2 amide bonds. The summed E-state index contributed by atoms with van der Waals surface area (Å²) < 4.78 is 16.3. The van der Waals surface area contributed by atoms with Crippen LogP contribution in [-0.2, 0) is 4.79 Å². The Morgan fingerprint density at radius 1 is 0.632 bits per heavy atom. The van der Waals surface area contributed by atoms with Gasteiger partial charge < -0.3 is 33.9 Å². The zero-order valence-corrected chi connectivity index (χ0v) is 40.5. The van der Waals surface area contributed by atoms with E-state index in [1.54, 1.807) is 38.5 Å². The molecule has 2 atom stereocenters. The minimum absolute atomic E-state index is 0.0726. The molecule has 4 aliphatic rings. The van der Waals surface area contributed by atoms with Gasteiger partial charge >= 0.3 is 0 Å². The maximum atomic E-state index is 13.0. The fraction of sp³-hybridized carbons (Fsp3) is 0.464. The molecule has 362 valence electrons. The van der Waals surface area contributed by atoms with Crippen molar-refractivity contribution in [3.8, 4) is 11.5 Å². The molecule has 0 bridgehead atoms. The number of methoxy groups -OCH3 is 2. The van der Waals surface area contributed by atoms with Crippen LogP contribution in [0.3, 0.4) is 0 Å². The van der Waals surface area contributed by atoms with E-state index in [0.29, 0.717) is 53.1 Å². The third-order valence-corrected chi connectivity index (χ3v) is 15.5. The summed E-state index contributed by atoms with van der Waals surface area (Å²) >= 11 is 6.06. The van der Waals surface area contributed by atoms with Crippen molar-refractivity contribution >= 4 is 40.5 Å². The first kappa shape index (κ1) is 49.3. The topological polar surface area (TPSA) is 119 Å². The van der Waals surface area contributed by atoms with E-state index in [4.69, 9.17) is 25.5 Å². The van der Waals surface area contributed by atoms with E-state index in [2.05, 4.69) is 34.1 Å². The Bertz CT molecular complexity index is 2380. The van der Waals surface area contributed by atoms with Gasteiger partial charge in [-0.3, -0.25) is 19.4 Å². The summed E-state index contributed by atoms with van der Waals surface area (Å²) in [6.45, 7) is 7.26. The number of hydrogen-bond donors (Lipinski definition) is 2. The molecule has 4 fully saturated rings. The summed E-state index contributed by atoms with van der Waals surface area (Å²) in [4.78, 5) is 34.4. The summed E-state index contributed by atoms with van der Waals surface area (Å²) in [5.41, 5.74) is 4.46. The molecule has 9 rings (SSSR count). The van der Waals surface area contributed by atoms with Crippen LogP contribution in [0, 0.1) is 11.8 Å². The number of aliphatic hydroxyl groups is 2. The highest BCUT2D eigenvalue weighted by Gasteiger charge is 2.36. The SMILES string of the molecule is COc1ccc(C2CCN(C(CO)C3CCN(C(=O)/C=C/c4ccccc4)CC3)CC2)cc1.COc1ccc(C2CCN(C(CO)C3CCN(C(=O)c4cc5cc(Cl)ccc5o4)CC3)CC2)cc1. The molecule has 5 heterocycles. The summed E-state index contributed by atoms with van der Waals surface area (Å²) in [6.07, 6.45) is 11.7. The number of carbonyl (C=O) groups excluding carboxylic acids is 2. The van der Waals surface area contributed by atoms with Crippen LogP contribution in [0.5, 0.6) is 11.5 Å². The maximum Gasteiger partial charge on any atom is 0.289 e. The van der Waals surface area contributed by atoms with E-state index >= 15 is 0 Å². The number of piperidine rings is 4. The maximum absolute atomic E-state index is 13.0. The van der Waals surface area contributed by atoms with Crippen molar-refractivity contribution in [3.63, 3.8) is 0 Å². The number of hydrogen-bond acceptors (Lipinski definition) is 9. The van der Waals surface area contributed by atoms with E-state index < -0.39 is 0 Å². The molecule has 4 aliphatic heterocycles. The Morgan fingerprint density at radius 3 is 1.59 bits per heavy atom. The molecule has 68 heavy (non-hydrogen) atoms. The van der Waals surface area contributed by atoms with Crippen LogP contribution >= 0.6 is 11.6 Å². The molecule has 11 nitrogen and oxygen atoms in total. The number of aliphatic hydroxyl groups excluding tert-OH is 2. The molecule has 0 radical (unpaired) electrons. The normalized spacial score (nSPS) is 19.4. The Labute approximate surface area is 407 Å². The first-order chi connectivity index (χ1) is 33.2. The monoisotopic (exact) mass is 944 g/mol. The fourth-order valence-corrected chi connectivity index (χ4v) is 11.3. The van der Waals surface area contributed by atoms with Crippen LogP contribution in [0.15, 0.2) is 114 Å². The molecular weight excluding hydrogens is 876 g/mol. The molecule has 5 aromatic rings. The Balaban J connectivity index is 0.000000184. The van der Waals surface area contributed by atoms with Gasteiger partial charge in [0.1, 0.15) is 17.1 Å². The second-order valence-electron chi connectivity index (χ2n) is 19.0. The molecule has 0 saturated carbocycles. The highest BCUT2D eigenvalue weighted by Crippen LogP contribution is 2.35. The third kappa shape index (κ3) is 12.3. The third-order valence-electron chi connectivity index (χ3n) is 15.2. The number of ether oxygens (including phenoxy) is 2. The van der Waals surface area contributed by atoms with Gasteiger partial charge in [0.05, 0.1) is 27.4 Å². The van der Waals surface area contributed by atoms with Crippen molar-refractivity contribution < 1.29 is 33.7 Å². The van der Waals surface area contributed by atoms with Crippen molar-refractivity contribution in [2.75, 3.05) is 79.8 Å². The smallest absolute Gasteiger partial charge is 0.289 e. The molecule has 0 spiro atoms. The standard InChI is InChI=1S/C28H33ClN2O4.C28H36N2O3/c1-34-24-5-2-19(3-6-24)20-8-12-30(13-9-20)25(18-32)21-10-14-31(15-11-21)28(33)27-17-22-16-23(29)4-7-26(22)35-27;1-33-26-10-8-23(9-11-26)24-13-17-29(18-14-24)27(21-31)25-15-19-30(20-16-25)28(32)12-7-22-5-3-2-4-6-22/h2-7,16-17,20-21,25,32H,8-15,18H2,1H3;2-12,24-25,27,31H,13-21H2,1H3/b;12-7+. The van der Waals surface area contributed by atoms with E-state index in [0.717, 1.165) is 113 Å². The number of nitrogens with zero attached hydrogens (tertiary/aromatic N) is 4. The molecule has 2 unspecified atom stereocenters. The summed E-state index contributed by atoms with van der Waals surface area (Å²) in [5.74, 6) is 4.11. The Kier molecular flexibility index (Phi) is 17.3. The van der Waals surface area contributed by atoms with Crippen LogP contribution in [-0.4, -0.2) is 134 Å². The van der Waals surface area contributed by atoms with Crippen LogP contribution in [0.4, 0.5) is 0 Å². The summed E-state index contributed by atoms with van der Waals surface area (Å²) in [6, 6.07) is 34.3. The number of amides is 2. The lowest BCUT2D eigenvalue weighted by Crippen LogP contribution is -2.50. The molecule has 0 aliphatic carbocycles. The fourth-order valence-electron chi connectivity index (χ4n) is 11.1. The highest BCUT2D eigenvalue weighted by molar-refractivity contribution is 6.31. The van der Waals surface area contributed by atoms with E-state index in [1.807, 2.05) is 76.5 Å². The summed E-state index contributed by atoms with van der Waals surface area (Å²) in [5, 5.41) is 21.9. The average molecular weight is 946 g/mol. The minimum atomic E-state index is -0.0726. The van der Waals surface area contributed by atoms with Crippen molar-refractivity contribution in [3.05, 3.63) is 137 Å². The first-order valence-electron chi connectivity index (χ1n) is 24.7. The van der Waals surface area contributed by atoms with Gasteiger partial charge in [0.15, 0.2) is 5.76 Å². The van der Waals surface area contributed by atoms with Crippen LogP contribution < -0.4 is 9.47 Å². The molecule has 4 saturated heterocycles. The first-order valence-corrected chi connectivity index (χ1v) is 25.1. The molecular formula is C56H69ClN4O7. The number of likely N-dealkylation sites (tertiary alicyclic amines) is 4. The second kappa shape index (κ2) is 23.9. The van der Waals surface area contributed by atoms with Gasteiger partial charge in [-0.2, -0.15) is 0 Å².